The average molecular weight is 207 g/mol. The first-order chi connectivity index (χ1) is 7.27. The molecule has 1 saturated carbocycles. The fourth-order valence-corrected chi connectivity index (χ4v) is 2.45. The van der Waals surface area contributed by atoms with Gasteiger partial charge in [0, 0.05) is 6.04 Å². The highest BCUT2D eigenvalue weighted by Gasteiger charge is 2.21. The molecule has 1 aliphatic carbocycles. The van der Waals surface area contributed by atoms with E-state index >= 15 is 0 Å². The third-order valence-corrected chi connectivity index (χ3v) is 3.41. The van der Waals surface area contributed by atoms with E-state index in [-0.39, 0.29) is 11.9 Å². The van der Waals surface area contributed by atoms with Crippen molar-refractivity contribution in [3.05, 3.63) is 35.6 Å². The lowest BCUT2D eigenvalue weighted by Gasteiger charge is -2.27. The van der Waals surface area contributed by atoms with Crippen LogP contribution in [0, 0.1) is 11.7 Å². The third kappa shape index (κ3) is 2.57. The first-order valence-corrected chi connectivity index (χ1v) is 5.78. The normalized spacial score (nSPS) is 20.1. The number of benzene rings is 1. The highest BCUT2D eigenvalue weighted by atomic mass is 19.1. The van der Waals surface area contributed by atoms with E-state index in [0.717, 1.165) is 5.56 Å². The summed E-state index contributed by atoms with van der Waals surface area (Å²) < 4.78 is 12.8. The predicted molar refractivity (Wildman–Crippen MR) is 59.9 cm³/mol. The maximum atomic E-state index is 12.8. The number of halogens is 1. The SMILES string of the molecule is N[C@H](c1ccc(F)cc1)C1CCCCC1. The van der Waals surface area contributed by atoms with E-state index in [1.54, 1.807) is 0 Å². The fourth-order valence-electron chi connectivity index (χ4n) is 2.45. The largest absolute Gasteiger partial charge is 0.324 e. The molecule has 0 heterocycles. The second kappa shape index (κ2) is 4.75. The summed E-state index contributed by atoms with van der Waals surface area (Å²) in [5, 5.41) is 0. The average Bonchev–Trinajstić information content (AvgIpc) is 2.30. The maximum Gasteiger partial charge on any atom is 0.123 e. The smallest absolute Gasteiger partial charge is 0.123 e. The lowest BCUT2D eigenvalue weighted by Crippen LogP contribution is -2.23. The monoisotopic (exact) mass is 207 g/mol. The number of hydrogen-bond acceptors (Lipinski definition) is 1. The van der Waals surface area contributed by atoms with Gasteiger partial charge in [0.2, 0.25) is 0 Å². The molecule has 1 aliphatic rings. The molecule has 0 bridgehead atoms. The zero-order valence-electron chi connectivity index (χ0n) is 8.95. The Labute approximate surface area is 90.5 Å². The van der Waals surface area contributed by atoms with Crippen LogP contribution in [0.4, 0.5) is 4.39 Å². The topological polar surface area (TPSA) is 26.0 Å². The summed E-state index contributed by atoms with van der Waals surface area (Å²) in [6.45, 7) is 0. The van der Waals surface area contributed by atoms with Gasteiger partial charge in [0.05, 0.1) is 0 Å². The van der Waals surface area contributed by atoms with Crippen molar-refractivity contribution in [1.82, 2.24) is 0 Å². The van der Waals surface area contributed by atoms with Gasteiger partial charge < -0.3 is 5.73 Å². The van der Waals surface area contributed by atoms with E-state index in [1.807, 2.05) is 12.1 Å². The van der Waals surface area contributed by atoms with Gasteiger partial charge in [-0.2, -0.15) is 0 Å². The first-order valence-electron chi connectivity index (χ1n) is 5.78. The van der Waals surface area contributed by atoms with Gasteiger partial charge in [-0.15, -0.1) is 0 Å². The van der Waals surface area contributed by atoms with Crippen LogP contribution >= 0.6 is 0 Å². The molecule has 0 radical (unpaired) electrons. The van der Waals surface area contributed by atoms with Crippen molar-refractivity contribution < 1.29 is 4.39 Å². The summed E-state index contributed by atoms with van der Waals surface area (Å²) in [4.78, 5) is 0. The van der Waals surface area contributed by atoms with Crippen LogP contribution in [0.1, 0.15) is 43.7 Å². The molecule has 1 aromatic carbocycles. The molecule has 2 N–H and O–H groups in total. The van der Waals surface area contributed by atoms with E-state index in [1.165, 1.54) is 44.2 Å². The molecule has 15 heavy (non-hydrogen) atoms. The quantitative estimate of drug-likeness (QED) is 0.790. The van der Waals surface area contributed by atoms with Crippen molar-refractivity contribution in [2.75, 3.05) is 0 Å². The second-order valence-corrected chi connectivity index (χ2v) is 4.48. The molecule has 1 aromatic rings. The highest BCUT2D eigenvalue weighted by molar-refractivity contribution is 5.20. The minimum Gasteiger partial charge on any atom is -0.324 e. The Bertz CT molecular complexity index is 301. The van der Waals surface area contributed by atoms with E-state index < -0.39 is 0 Å². The van der Waals surface area contributed by atoms with Crippen molar-refractivity contribution in [2.45, 2.75) is 38.1 Å². The van der Waals surface area contributed by atoms with Crippen molar-refractivity contribution in [3.63, 3.8) is 0 Å². The predicted octanol–water partition coefficient (Wildman–Crippen LogP) is 3.41. The van der Waals surface area contributed by atoms with E-state index in [4.69, 9.17) is 5.73 Å². The molecule has 0 aromatic heterocycles. The molecule has 2 rings (SSSR count). The zero-order chi connectivity index (χ0) is 10.7. The minimum atomic E-state index is -0.186. The van der Waals surface area contributed by atoms with Gasteiger partial charge in [0.25, 0.3) is 0 Å². The Morgan fingerprint density at radius 2 is 1.67 bits per heavy atom. The van der Waals surface area contributed by atoms with Gasteiger partial charge in [0.1, 0.15) is 5.82 Å². The lowest BCUT2D eigenvalue weighted by atomic mass is 9.81. The number of rotatable bonds is 2. The molecule has 0 unspecified atom stereocenters. The second-order valence-electron chi connectivity index (χ2n) is 4.48. The summed E-state index contributed by atoms with van der Waals surface area (Å²) in [6, 6.07) is 6.71. The van der Waals surface area contributed by atoms with Crippen molar-refractivity contribution in [2.24, 2.45) is 11.7 Å². The van der Waals surface area contributed by atoms with E-state index in [0.29, 0.717) is 5.92 Å². The van der Waals surface area contributed by atoms with E-state index in [2.05, 4.69) is 0 Å². The van der Waals surface area contributed by atoms with Crippen LogP contribution in [0.3, 0.4) is 0 Å². The molecule has 1 nitrogen and oxygen atoms in total. The summed E-state index contributed by atoms with van der Waals surface area (Å²) in [5.74, 6) is 0.402. The zero-order valence-corrected chi connectivity index (χ0v) is 8.95. The van der Waals surface area contributed by atoms with Crippen LogP contribution < -0.4 is 5.73 Å². The Balaban J connectivity index is 2.05. The minimum absolute atomic E-state index is 0.0888. The molecule has 1 fully saturated rings. The van der Waals surface area contributed by atoms with Crippen LogP contribution in [-0.2, 0) is 0 Å². The molecule has 82 valence electrons. The van der Waals surface area contributed by atoms with Crippen LogP contribution in [0.2, 0.25) is 0 Å². The molecule has 1 atom stereocenters. The number of hydrogen-bond donors (Lipinski definition) is 1. The van der Waals surface area contributed by atoms with Crippen LogP contribution in [-0.4, -0.2) is 0 Å². The van der Waals surface area contributed by atoms with Gasteiger partial charge in [-0.25, -0.2) is 4.39 Å². The van der Waals surface area contributed by atoms with Crippen molar-refractivity contribution in [3.8, 4) is 0 Å². The van der Waals surface area contributed by atoms with Gasteiger partial charge >= 0.3 is 0 Å². The van der Waals surface area contributed by atoms with Gasteiger partial charge in [-0.3, -0.25) is 0 Å². The first kappa shape index (κ1) is 10.6. The Morgan fingerprint density at radius 1 is 1.07 bits per heavy atom. The molecular weight excluding hydrogens is 189 g/mol. The Kier molecular flexibility index (Phi) is 3.37. The van der Waals surface area contributed by atoms with Crippen LogP contribution in [0.25, 0.3) is 0 Å². The van der Waals surface area contributed by atoms with Gasteiger partial charge in [0.15, 0.2) is 0 Å². The molecule has 0 aliphatic heterocycles. The Morgan fingerprint density at radius 3 is 2.27 bits per heavy atom. The van der Waals surface area contributed by atoms with Crippen molar-refractivity contribution in [1.29, 1.82) is 0 Å². The standard InChI is InChI=1S/C13H18FN/c14-12-8-6-11(7-9-12)13(15)10-4-2-1-3-5-10/h6-10,13H,1-5,15H2/t13-/m0/s1. The summed E-state index contributed by atoms with van der Waals surface area (Å²) >= 11 is 0. The maximum absolute atomic E-state index is 12.8. The van der Waals surface area contributed by atoms with Crippen molar-refractivity contribution >= 4 is 0 Å². The van der Waals surface area contributed by atoms with E-state index in [9.17, 15) is 4.39 Å². The molecule has 2 heteroatoms. The van der Waals surface area contributed by atoms with Gasteiger partial charge in [-0.05, 0) is 36.5 Å². The molecular formula is C13H18FN. The summed E-state index contributed by atoms with van der Waals surface area (Å²) in [6.07, 6.45) is 6.36. The third-order valence-electron chi connectivity index (χ3n) is 3.41. The lowest BCUT2D eigenvalue weighted by molar-refractivity contribution is 0.308. The molecule has 0 saturated heterocycles. The molecule has 0 amide bonds. The van der Waals surface area contributed by atoms with Gasteiger partial charge in [-0.1, -0.05) is 31.4 Å². The fraction of sp³-hybridized carbons (Fsp3) is 0.538. The highest BCUT2D eigenvalue weighted by Crippen LogP contribution is 2.32. The Hall–Kier alpha value is -0.890. The summed E-state index contributed by atoms with van der Waals surface area (Å²) in [5.41, 5.74) is 7.27. The number of nitrogens with two attached hydrogens (primary N) is 1. The van der Waals surface area contributed by atoms with Crippen LogP contribution in [0.15, 0.2) is 24.3 Å². The summed E-state index contributed by atoms with van der Waals surface area (Å²) in [7, 11) is 0. The molecule has 0 spiro atoms. The van der Waals surface area contributed by atoms with Crippen LogP contribution in [0.5, 0.6) is 0 Å².